The average molecular weight is 406 g/mol. The van der Waals surface area contributed by atoms with Crippen LogP contribution in [0.3, 0.4) is 0 Å². The van der Waals surface area contributed by atoms with Gasteiger partial charge in [-0.15, -0.1) is 21.5 Å². The van der Waals surface area contributed by atoms with Crippen molar-refractivity contribution in [2.75, 3.05) is 49.1 Å². The molecule has 0 aliphatic carbocycles. The van der Waals surface area contributed by atoms with E-state index in [1.54, 1.807) is 12.1 Å². The van der Waals surface area contributed by atoms with Gasteiger partial charge >= 0.3 is 0 Å². The van der Waals surface area contributed by atoms with Gasteiger partial charge in [0, 0.05) is 39.3 Å². The first kappa shape index (κ1) is 18.5. The van der Waals surface area contributed by atoms with Crippen molar-refractivity contribution in [3.8, 4) is 0 Å². The molecule has 0 N–H and O–H groups in total. The summed E-state index contributed by atoms with van der Waals surface area (Å²) in [5.74, 6) is 1.93. The summed E-state index contributed by atoms with van der Waals surface area (Å²) in [6.07, 6.45) is 5.08. The number of rotatable bonds is 3. The fourth-order valence-electron chi connectivity index (χ4n) is 3.68. The Hall–Kier alpha value is -1.86. The van der Waals surface area contributed by atoms with Gasteiger partial charge in [-0.25, -0.2) is 0 Å². The number of carbonyl (C=O) groups excluding carboxylic acids is 1. The average Bonchev–Trinajstić information content (AvgIpc) is 2.97. The Bertz CT molecular complexity index is 765. The smallest absolute Gasteiger partial charge is 0.264 e. The predicted octanol–water partition coefficient (Wildman–Crippen LogP) is 3.53. The van der Waals surface area contributed by atoms with E-state index in [4.69, 9.17) is 11.6 Å². The van der Waals surface area contributed by atoms with Crippen LogP contribution in [0.2, 0.25) is 4.34 Å². The second kappa shape index (κ2) is 8.44. The van der Waals surface area contributed by atoms with E-state index in [9.17, 15) is 4.79 Å². The minimum atomic E-state index is 0.0640. The highest BCUT2D eigenvalue weighted by molar-refractivity contribution is 7.17. The van der Waals surface area contributed by atoms with Crippen molar-refractivity contribution in [2.24, 2.45) is 0 Å². The number of carbonyl (C=O) groups is 1. The Morgan fingerprint density at radius 2 is 1.41 bits per heavy atom. The summed E-state index contributed by atoms with van der Waals surface area (Å²) in [6.45, 7) is 5.04. The monoisotopic (exact) mass is 405 g/mol. The van der Waals surface area contributed by atoms with Crippen molar-refractivity contribution < 1.29 is 4.79 Å². The van der Waals surface area contributed by atoms with E-state index in [1.165, 1.54) is 37.0 Å². The Morgan fingerprint density at radius 1 is 0.815 bits per heavy atom. The molecule has 0 aromatic carbocycles. The minimum absolute atomic E-state index is 0.0640. The topological polar surface area (TPSA) is 52.6 Å². The highest BCUT2D eigenvalue weighted by Gasteiger charge is 2.24. The number of aromatic nitrogens is 2. The summed E-state index contributed by atoms with van der Waals surface area (Å²) in [4.78, 5) is 19.7. The number of halogens is 1. The second-order valence-corrected chi connectivity index (χ2v) is 8.75. The molecule has 4 heterocycles. The van der Waals surface area contributed by atoms with E-state index < -0.39 is 0 Å². The molecule has 2 fully saturated rings. The third-order valence-corrected chi connectivity index (χ3v) is 6.46. The van der Waals surface area contributed by atoms with Crippen molar-refractivity contribution in [1.29, 1.82) is 0 Å². The van der Waals surface area contributed by atoms with Crippen LogP contribution in [0.4, 0.5) is 11.6 Å². The van der Waals surface area contributed by atoms with Gasteiger partial charge in [0.15, 0.2) is 11.6 Å². The third kappa shape index (κ3) is 4.35. The number of hydrogen-bond donors (Lipinski definition) is 0. The molecule has 2 aliphatic rings. The SMILES string of the molecule is O=C(c1ccc(Cl)s1)N1CCN(c2ccc(N3CCCCCC3)nn2)CC1. The highest BCUT2D eigenvalue weighted by atomic mass is 35.5. The van der Waals surface area contributed by atoms with Gasteiger partial charge in [0.1, 0.15) is 0 Å². The molecule has 0 radical (unpaired) electrons. The summed E-state index contributed by atoms with van der Waals surface area (Å²) < 4.78 is 0.650. The number of hydrogen-bond acceptors (Lipinski definition) is 6. The van der Waals surface area contributed by atoms with E-state index in [-0.39, 0.29) is 5.91 Å². The highest BCUT2D eigenvalue weighted by Crippen LogP contribution is 2.24. The van der Waals surface area contributed by atoms with Crippen molar-refractivity contribution in [3.63, 3.8) is 0 Å². The number of anilines is 2. The van der Waals surface area contributed by atoms with Crippen LogP contribution < -0.4 is 9.80 Å². The summed E-state index contributed by atoms with van der Waals surface area (Å²) in [7, 11) is 0. The van der Waals surface area contributed by atoms with Crippen LogP contribution in [0.5, 0.6) is 0 Å². The fourth-order valence-corrected chi connectivity index (χ4v) is 4.69. The zero-order valence-corrected chi connectivity index (χ0v) is 16.9. The maximum atomic E-state index is 12.5. The van der Waals surface area contributed by atoms with Crippen LogP contribution >= 0.6 is 22.9 Å². The zero-order chi connectivity index (χ0) is 18.6. The summed E-state index contributed by atoms with van der Waals surface area (Å²) in [5.41, 5.74) is 0. The van der Waals surface area contributed by atoms with Crippen molar-refractivity contribution in [3.05, 3.63) is 33.5 Å². The lowest BCUT2D eigenvalue weighted by Crippen LogP contribution is -2.49. The molecule has 6 nitrogen and oxygen atoms in total. The maximum absolute atomic E-state index is 12.5. The molecule has 2 aliphatic heterocycles. The van der Waals surface area contributed by atoms with E-state index in [1.807, 2.05) is 4.90 Å². The van der Waals surface area contributed by atoms with Gasteiger partial charge in [-0.05, 0) is 37.1 Å². The molecule has 0 atom stereocenters. The van der Waals surface area contributed by atoms with Gasteiger partial charge in [0.05, 0.1) is 9.21 Å². The molecule has 144 valence electrons. The second-order valence-electron chi connectivity index (χ2n) is 7.03. The molecular formula is C19H24ClN5OS. The van der Waals surface area contributed by atoms with E-state index in [0.717, 1.165) is 37.8 Å². The van der Waals surface area contributed by atoms with Gasteiger partial charge in [-0.1, -0.05) is 24.4 Å². The van der Waals surface area contributed by atoms with Crippen molar-refractivity contribution in [2.45, 2.75) is 25.7 Å². The molecule has 4 rings (SSSR count). The number of amides is 1. The molecule has 2 aromatic heterocycles. The predicted molar refractivity (Wildman–Crippen MR) is 110 cm³/mol. The fraction of sp³-hybridized carbons (Fsp3) is 0.526. The molecule has 2 saturated heterocycles. The molecule has 0 bridgehead atoms. The molecule has 2 aromatic rings. The van der Waals surface area contributed by atoms with Crippen LogP contribution in [0, 0.1) is 0 Å². The lowest BCUT2D eigenvalue weighted by atomic mass is 10.2. The van der Waals surface area contributed by atoms with E-state index in [0.29, 0.717) is 22.3 Å². The Labute approximate surface area is 168 Å². The summed E-state index contributed by atoms with van der Waals surface area (Å²) in [5, 5.41) is 8.92. The molecule has 1 amide bonds. The molecular weight excluding hydrogens is 382 g/mol. The van der Waals surface area contributed by atoms with Crippen LogP contribution in [-0.2, 0) is 0 Å². The first-order valence-corrected chi connectivity index (χ1v) is 10.8. The Morgan fingerprint density at radius 3 is 1.93 bits per heavy atom. The largest absolute Gasteiger partial charge is 0.355 e. The lowest BCUT2D eigenvalue weighted by Gasteiger charge is -2.35. The van der Waals surface area contributed by atoms with Crippen LogP contribution in [-0.4, -0.2) is 60.3 Å². The zero-order valence-electron chi connectivity index (χ0n) is 15.3. The summed E-state index contributed by atoms with van der Waals surface area (Å²) in [6, 6.07) is 7.72. The van der Waals surface area contributed by atoms with Gasteiger partial charge in [-0.2, -0.15) is 0 Å². The van der Waals surface area contributed by atoms with Crippen LogP contribution in [0.25, 0.3) is 0 Å². The first-order chi connectivity index (χ1) is 13.2. The van der Waals surface area contributed by atoms with E-state index >= 15 is 0 Å². The number of nitrogens with zero attached hydrogens (tertiary/aromatic N) is 5. The molecule has 27 heavy (non-hydrogen) atoms. The Balaban J connectivity index is 1.34. The van der Waals surface area contributed by atoms with Crippen LogP contribution in [0.1, 0.15) is 35.4 Å². The molecule has 0 spiro atoms. The first-order valence-electron chi connectivity index (χ1n) is 9.59. The van der Waals surface area contributed by atoms with Crippen LogP contribution in [0.15, 0.2) is 24.3 Å². The van der Waals surface area contributed by atoms with Gasteiger partial charge in [0.2, 0.25) is 0 Å². The third-order valence-electron chi connectivity index (χ3n) is 5.24. The summed E-state index contributed by atoms with van der Waals surface area (Å²) >= 11 is 7.28. The van der Waals surface area contributed by atoms with Gasteiger partial charge < -0.3 is 14.7 Å². The Kier molecular flexibility index (Phi) is 5.78. The minimum Gasteiger partial charge on any atom is -0.355 e. The lowest BCUT2D eigenvalue weighted by molar-refractivity contribution is 0.0751. The molecule has 0 unspecified atom stereocenters. The maximum Gasteiger partial charge on any atom is 0.264 e. The number of thiophene rings is 1. The normalized spacial score (nSPS) is 18.5. The quantitative estimate of drug-likeness (QED) is 0.781. The van der Waals surface area contributed by atoms with Crippen molar-refractivity contribution >= 4 is 40.5 Å². The standard InChI is InChI=1S/C19H24ClN5OS/c20-16-6-5-15(27-16)19(26)25-13-11-24(12-14-25)18-8-7-17(21-22-18)23-9-3-1-2-4-10-23/h5-8H,1-4,9-14H2. The molecule has 0 saturated carbocycles. The number of piperazine rings is 1. The van der Waals surface area contributed by atoms with E-state index in [2.05, 4.69) is 32.1 Å². The van der Waals surface area contributed by atoms with Gasteiger partial charge in [0.25, 0.3) is 5.91 Å². The molecule has 8 heteroatoms. The van der Waals surface area contributed by atoms with Gasteiger partial charge in [-0.3, -0.25) is 4.79 Å². The van der Waals surface area contributed by atoms with Crippen molar-refractivity contribution in [1.82, 2.24) is 15.1 Å².